The molecule has 0 aliphatic rings. The molecule has 0 atom stereocenters. The minimum atomic E-state index is -0.235. The molecule has 1 aromatic rings. The highest BCUT2D eigenvalue weighted by atomic mass is 19.1. The standard InChI is InChI=1S/C24H29F.2C2H6/c1-16(2)9-11-18(4)19(5)15-24(25)22(8)20(6)14-23-12-10-17(3)13-21(23)7;2*1-2/h9-15H,1,4H2,2-3,5-8H3;2*1-2H3/b11-9-,19-15+,20-14+,24-22-;;. The van der Waals surface area contributed by atoms with Crippen molar-refractivity contribution in [3.05, 3.63) is 100.0 Å². The summed E-state index contributed by atoms with van der Waals surface area (Å²) in [5.41, 5.74) is 7.60. The molecule has 0 bridgehead atoms. The highest BCUT2D eigenvalue weighted by Gasteiger charge is 2.04. The molecule has 160 valence electrons. The molecule has 0 spiro atoms. The largest absolute Gasteiger partial charge is 0.207 e. The first-order valence-corrected chi connectivity index (χ1v) is 10.4. The van der Waals surface area contributed by atoms with Gasteiger partial charge in [0.2, 0.25) is 0 Å². The van der Waals surface area contributed by atoms with Gasteiger partial charge in [-0.15, -0.1) is 0 Å². The Labute approximate surface area is 179 Å². The van der Waals surface area contributed by atoms with E-state index in [9.17, 15) is 4.39 Å². The van der Waals surface area contributed by atoms with Crippen LogP contribution in [0, 0.1) is 13.8 Å². The van der Waals surface area contributed by atoms with Crippen LogP contribution in [-0.4, -0.2) is 0 Å². The van der Waals surface area contributed by atoms with Crippen LogP contribution in [0.25, 0.3) is 6.08 Å². The van der Waals surface area contributed by atoms with Crippen LogP contribution in [0.1, 0.15) is 72.1 Å². The molecular weight excluding hydrogens is 355 g/mol. The van der Waals surface area contributed by atoms with Gasteiger partial charge in [0, 0.05) is 0 Å². The van der Waals surface area contributed by atoms with Crippen LogP contribution in [0.3, 0.4) is 0 Å². The fraction of sp³-hybridized carbons (Fsp3) is 0.357. The summed E-state index contributed by atoms with van der Waals surface area (Å²) < 4.78 is 14.6. The molecule has 0 nitrogen and oxygen atoms in total. The molecule has 0 fully saturated rings. The average Bonchev–Trinajstić information content (AvgIpc) is 2.70. The Bertz CT molecular complexity index is 796. The summed E-state index contributed by atoms with van der Waals surface area (Å²) >= 11 is 0. The third-order valence-corrected chi connectivity index (χ3v) is 4.17. The monoisotopic (exact) mass is 396 g/mol. The van der Waals surface area contributed by atoms with Crippen molar-refractivity contribution in [3.8, 4) is 0 Å². The predicted molar refractivity (Wildman–Crippen MR) is 133 cm³/mol. The molecule has 0 aliphatic heterocycles. The van der Waals surface area contributed by atoms with Crippen LogP contribution < -0.4 is 0 Å². The number of halogens is 1. The van der Waals surface area contributed by atoms with Crippen molar-refractivity contribution in [1.29, 1.82) is 0 Å². The minimum absolute atomic E-state index is 0.235. The van der Waals surface area contributed by atoms with Gasteiger partial charge in [0.05, 0.1) is 0 Å². The van der Waals surface area contributed by atoms with Crippen LogP contribution >= 0.6 is 0 Å². The van der Waals surface area contributed by atoms with Gasteiger partial charge in [0.15, 0.2) is 0 Å². The van der Waals surface area contributed by atoms with Crippen LogP contribution in [0.2, 0.25) is 0 Å². The molecule has 0 N–H and O–H groups in total. The summed E-state index contributed by atoms with van der Waals surface area (Å²) in [7, 11) is 0. The summed E-state index contributed by atoms with van der Waals surface area (Å²) in [5, 5.41) is 0. The maximum Gasteiger partial charge on any atom is 0.126 e. The van der Waals surface area contributed by atoms with Crippen LogP contribution in [0.4, 0.5) is 4.39 Å². The maximum atomic E-state index is 14.6. The lowest BCUT2D eigenvalue weighted by molar-refractivity contribution is 0.655. The molecule has 0 radical (unpaired) electrons. The van der Waals surface area contributed by atoms with Gasteiger partial charge in [-0.25, -0.2) is 4.39 Å². The topological polar surface area (TPSA) is 0 Å². The zero-order valence-corrected chi connectivity index (χ0v) is 20.3. The van der Waals surface area contributed by atoms with Crippen molar-refractivity contribution in [2.75, 3.05) is 0 Å². The van der Waals surface area contributed by atoms with Gasteiger partial charge >= 0.3 is 0 Å². The number of allylic oxidation sites excluding steroid dienone is 9. The number of rotatable bonds is 6. The van der Waals surface area contributed by atoms with Crippen LogP contribution in [0.15, 0.2) is 83.3 Å². The summed E-state index contributed by atoms with van der Waals surface area (Å²) in [5.74, 6) is -0.235. The van der Waals surface area contributed by atoms with Gasteiger partial charge in [0.25, 0.3) is 0 Å². The Morgan fingerprint density at radius 1 is 0.862 bits per heavy atom. The predicted octanol–water partition coefficient (Wildman–Crippen LogP) is 9.64. The summed E-state index contributed by atoms with van der Waals surface area (Å²) in [6, 6.07) is 6.28. The van der Waals surface area contributed by atoms with Gasteiger partial charge in [-0.2, -0.15) is 0 Å². The summed E-state index contributed by atoms with van der Waals surface area (Å²) in [4.78, 5) is 0. The molecule has 0 saturated heterocycles. The Hall–Kier alpha value is -2.41. The Morgan fingerprint density at radius 2 is 1.41 bits per heavy atom. The van der Waals surface area contributed by atoms with Crippen molar-refractivity contribution in [1.82, 2.24) is 0 Å². The van der Waals surface area contributed by atoms with Crippen molar-refractivity contribution in [2.45, 2.75) is 69.2 Å². The first-order valence-electron chi connectivity index (χ1n) is 10.4. The van der Waals surface area contributed by atoms with Gasteiger partial charge in [0.1, 0.15) is 5.83 Å². The lowest BCUT2D eigenvalue weighted by atomic mass is 9.99. The summed E-state index contributed by atoms with van der Waals surface area (Å²) in [6.07, 6.45) is 7.30. The van der Waals surface area contributed by atoms with Crippen molar-refractivity contribution >= 4 is 6.08 Å². The van der Waals surface area contributed by atoms with E-state index < -0.39 is 0 Å². The molecular formula is C28H41F. The van der Waals surface area contributed by atoms with Crippen LogP contribution in [-0.2, 0) is 0 Å². The molecule has 0 unspecified atom stereocenters. The van der Waals surface area contributed by atoms with Crippen molar-refractivity contribution in [2.24, 2.45) is 0 Å². The zero-order chi connectivity index (χ0) is 23.1. The smallest absolute Gasteiger partial charge is 0.126 e. The lowest BCUT2D eigenvalue weighted by Gasteiger charge is -2.07. The fourth-order valence-electron chi connectivity index (χ4n) is 2.28. The maximum absolute atomic E-state index is 14.6. The Balaban J connectivity index is 0. The highest BCUT2D eigenvalue weighted by Crippen LogP contribution is 2.23. The molecule has 1 heteroatoms. The normalized spacial score (nSPS) is 12.4. The first kappa shape index (κ1) is 28.8. The minimum Gasteiger partial charge on any atom is -0.207 e. The van der Waals surface area contributed by atoms with E-state index in [2.05, 4.69) is 45.2 Å². The third-order valence-electron chi connectivity index (χ3n) is 4.17. The second-order valence-electron chi connectivity index (χ2n) is 6.69. The fourth-order valence-corrected chi connectivity index (χ4v) is 2.28. The SMILES string of the molecule is C=C(C)/C=C\C(=C)/C(C)=C/C(F)=C(C)/C(C)=C/c1ccc(C)cc1C.CC.CC. The molecule has 0 amide bonds. The zero-order valence-electron chi connectivity index (χ0n) is 20.3. The van der Waals surface area contributed by atoms with E-state index in [0.29, 0.717) is 5.57 Å². The second kappa shape index (κ2) is 15.5. The molecule has 0 aromatic heterocycles. The molecule has 1 aromatic carbocycles. The van der Waals surface area contributed by atoms with E-state index in [1.807, 2.05) is 66.7 Å². The number of benzene rings is 1. The van der Waals surface area contributed by atoms with E-state index in [4.69, 9.17) is 0 Å². The van der Waals surface area contributed by atoms with E-state index in [1.54, 1.807) is 13.0 Å². The van der Waals surface area contributed by atoms with Crippen molar-refractivity contribution in [3.63, 3.8) is 0 Å². The van der Waals surface area contributed by atoms with E-state index in [1.165, 1.54) is 11.1 Å². The van der Waals surface area contributed by atoms with Gasteiger partial charge in [-0.05, 0) is 81.0 Å². The van der Waals surface area contributed by atoms with Gasteiger partial charge in [-0.1, -0.05) is 88.4 Å². The first-order chi connectivity index (χ1) is 13.6. The summed E-state index contributed by atoms with van der Waals surface area (Å²) in [6.45, 7) is 27.4. The molecule has 0 aliphatic carbocycles. The lowest BCUT2D eigenvalue weighted by Crippen LogP contribution is -1.88. The van der Waals surface area contributed by atoms with E-state index in [-0.39, 0.29) is 5.83 Å². The second-order valence-corrected chi connectivity index (χ2v) is 6.69. The van der Waals surface area contributed by atoms with Gasteiger partial charge < -0.3 is 0 Å². The Morgan fingerprint density at radius 3 is 1.90 bits per heavy atom. The molecule has 0 heterocycles. The number of aryl methyl sites for hydroxylation is 2. The van der Waals surface area contributed by atoms with Gasteiger partial charge in [-0.3, -0.25) is 0 Å². The Kier molecular flexibility index (Phi) is 15.4. The van der Waals surface area contributed by atoms with E-state index in [0.717, 1.165) is 27.9 Å². The molecule has 0 saturated carbocycles. The average molecular weight is 397 g/mol. The van der Waals surface area contributed by atoms with Crippen molar-refractivity contribution < 1.29 is 4.39 Å². The number of hydrogen-bond acceptors (Lipinski definition) is 0. The van der Waals surface area contributed by atoms with E-state index >= 15 is 0 Å². The quantitative estimate of drug-likeness (QED) is 0.420. The highest BCUT2D eigenvalue weighted by molar-refractivity contribution is 5.61. The van der Waals surface area contributed by atoms with Crippen LogP contribution in [0.5, 0.6) is 0 Å². The number of hydrogen-bond donors (Lipinski definition) is 0. The molecule has 1 rings (SSSR count). The third kappa shape index (κ3) is 11.2. The molecule has 29 heavy (non-hydrogen) atoms.